The van der Waals surface area contributed by atoms with Crippen molar-refractivity contribution >= 4 is 5.91 Å². The molecule has 1 heterocycles. The van der Waals surface area contributed by atoms with Gasteiger partial charge in [0.2, 0.25) is 5.91 Å². The molecule has 4 heteroatoms. The average molecular weight is 344 g/mol. The molecule has 0 fully saturated rings. The highest BCUT2D eigenvalue weighted by atomic mass is 16.3. The summed E-state index contributed by atoms with van der Waals surface area (Å²) in [6.07, 6.45) is 3.91. The Balaban J connectivity index is 1.63. The van der Waals surface area contributed by atoms with Gasteiger partial charge in [-0.15, -0.1) is 0 Å². The molecule has 1 N–H and O–H groups in total. The van der Waals surface area contributed by atoms with E-state index in [2.05, 4.69) is 34.3 Å². The molecule has 26 heavy (non-hydrogen) atoms. The van der Waals surface area contributed by atoms with Crippen molar-refractivity contribution in [2.75, 3.05) is 0 Å². The first-order chi connectivity index (χ1) is 12.6. The third-order valence-corrected chi connectivity index (χ3v) is 3.90. The molecular formula is C22H20N2O2. The van der Waals surface area contributed by atoms with Crippen LogP contribution in [0.3, 0.4) is 0 Å². The highest BCUT2D eigenvalue weighted by Crippen LogP contribution is 2.18. The summed E-state index contributed by atoms with van der Waals surface area (Å²) in [5.41, 5.74) is 4.05. The lowest BCUT2D eigenvalue weighted by atomic mass is 10.0. The Morgan fingerprint density at radius 3 is 2.23 bits per heavy atom. The van der Waals surface area contributed by atoms with E-state index in [1.807, 2.05) is 43.3 Å². The number of amides is 1. The van der Waals surface area contributed by atoms with Crippen LogP contribution in [0.1, 0.15) is 30.5 Å². The normalized spacial score (nSPS) is 11.3. The summed E-state index contributed by atoms with van der Waals surface area (Å²) in [6.45, 7) is 3.53. The molecule has 2 aromatic carbocycles. The van der Waals surface area contributed by atoms with Crippen molar-refractivity contribution in [3.63, 3.8) is 0 Å². The van der Waals surface area contributed by atoms with Crippen molar-refractivity contribution in [2.24, 2.45) is 0 Å². The van der Waals surface area contributed by atoms with Gasteiger partial charge in [0.05, 0.1) is 6.20 Å². The Morgan fingerprint density at radius 1 is 1.08 bits per heavy atom. The Kier molecular flexibility index (Phi) is 5.50. The third-order valence-electron chi connectivity index (χ3n) is 3.90. The second-order valence-electron chi connectivity index (χ2n) is 6.20. The summed E-state index contributed by atoms with van der Waals surface area (Å²) in [5, 5.41) is 2.89. The highest BCUT2D eigenvalue weighted by molar-refractivity contribution is 5.73. The number of hydrogen-bond acceptors (Lipinski definition) is 3. The minimum absolute atomic E-state index is 0.00526. The molecule has 0 aliphatic carbocycles. The van der Waals surface area contributed by atoms with Crippen molar-refractivity contribution in [2.45, 2.75) is 26.3 Å². The van der Waals surface area contributed by atoms with Crippen LogP contribution in [0.5, 0.6) is 0 Å². The zero-order chi connectivity index (χ0) is 18.4. The van der Waals surface area contributed by atoms with E-state index in [-0.39, 0.29) is 11.9 Å². The lowest BCUT2D eigenvalue weighted by Crippen LogP contribution is -2.31. The first-order valence-electron chi connectivity index (χ1n) is 8.47. The second kappa shape index (κ2) is 8.17. The lowest BCUT2D eigenvalue weighted by molar-refractivity contribution is -0.119. The summed E-state index contributed by atoms with van der Waals surface area (Å²) in [7, 11) is 0. The molecule has 0 spiro atoms. The van der Waals surface area contributed by atoms with E-state index in [1.165, 1.54) is 18.9 Å². The van der Waals surface area contributed by atoms with Gasteiger partial charge in [-0.05, 0) is 55.3 Å². The number of nitrogens with one attached hydrogen (secondary N) is 1. The van der Waals surface area contributed by atoms with Crippen LogP contribution in [0.25, 0.3) is 11.3 Å². The van der Waals surface area contributed by atoms with Gasteiger partial charge in [-0.1, -0.05) is 24.0 Å². The van der Waals surface area contributed by atoms with Crippen LogP contribution >= 0.6 is 0 Å². The van der Waals surface area contributed by atoms with Crippen LogP contribution in [-0.4, -0.2) is 16.9 Å². The number of benzene rings is 2. The van der Waals surface area contributed by atoms with Gasteiger partial charge in [0.1, 0.15) is 0 Å². The number of oxazole rings is 1. The molecule has 1 unspecified atom stereocenters. The zero-order valence-corrected chi connectivity index (χ0v) is 14.8. The maximum absolute atomic E-state index is 11.1. The summed E-state index contributed by atoms with van der Waals surface area (Å²) in [5.74, 6) is 7.08. The molecule has 3 aromatic rings. The molecule has 0 bridgehead atoms. The van der Waals surface area contributed by atoms with Gasteiger partial charge in [0.15, 0.2) is 12.2 Å². The molecule has 0 saturated carbocycles. The van der Waals surface area contributed by atoms with Gasteiger partial charge >= 0.3 is 0 Å². The van der Waals surface area contributed by atoms with E-state index >= 15 is 0 Å². The zero-order valence-electron chi connectivity index (χ0n) is 14.8. The highest BCUT2D eigenvalue weighted by Gasteiger charge is 2.04. The molecule has 3 rings (SSSR count). The van der Waals surface area contributed by atoms with E-state index < -0.39 is 0 Å². The van der Waals surface area contributed by atoms with E-state index in [0.29, 0.717) is 0 Å². The summed E-state index contributed by atoms with van der Waals surface area (Å²) in [6, 6.07) is 16.1. The molecule has 1 atom stereocenters. The summed E-state index contributed by atoms with van der Waals surface area (Å²) in [4.78, 5) is 15.0. The number of hydrogen-bond donors (Lipinski definition) is 1. The Hall–Kier alpha value is -3.32. The summed E-state index contributed by atoms with van der Waals surface area (Å²) < 4.78 is 5.28. The maximum atomic E-state index is 11.1. The molecule has 4 nitrogen and oxygen atoms in total. The van der Waals surface area contributed by atoms with Gasteiger partial charge in [-0.25, -0.2) is 4.98 Å². The van der Waals surface area contributed by atoms with E-state index in [4.69, 9.17) is 4.42 Å². The predicted octanol–water partition coefficient (Wildman–Crippen LogP) is 3.81. The van der Waals surface area contributed by atoms with Gasteiger partial charge in [-0.3, -0.25) is 4.79 Å². The second-order valence-corrected chi connectivity index (χ2v) is 6.20. The Labute approximate surface area is 153 Å². The Morgan fingerprint density at radius 2 is 1.69 bits per heavy atom. The monoisotopic (exact) mass is 344 g/mol. The third kappa shape index (κ3) is 4.84. The molecule has 0 aliphatic rings. The average Bonchev–Trinajstić information content (AvgIpc) is 3.15. The van der Waals surface area contributed by atoms with Gasteiger partial charge in [0, 0.05) is 29.7 Å². The number of carbonyl (C=O) groups is 1. The number of nitrogens with zero attached hydrogens (tertiary/aromatic N) is 1. The SMILES string of the molecule is CC(=O)NC(C)Cc1ccc(C#Cc2ccc(-c3cnco3)cc2)cc1. The van der Waals surface area contributed by atoms with E-state index in [0.717, 1.165) is 28.9 Å². The van der Waals surface area contributed by atoms with Crippen LogP contribution < -0.4 is 5.32 Å². The van der Waals surface area contributed by atoms with Gasteiger partial charge in [0.25, 0.3) is 0 Å². The van der Waals surface area contributed by atoms with E-state index in [1.54, 1.807) is 6.20 Å². The number of rotatable bonds is 4. The molecule has 0 radical (unpaired) electrons. The van der Waals surface area contributed by atoms with Crippen molar-refractivity contribution in [3.05, 3.63) is 77.8 Å². The quantitative estimate of drug-likeness (QED) is 0.732. The molecule has 1 aromatic heterocycles. The van der Waals surface area contributed by atoms with Crippen LogP contribution in [-0.2, 0) is 11.2 Å². The minimum atomic E-state index is -0.00526. The van der Waals surface area contributed by atoms with Gasteiger partial charge in [-0.2, -0.15) is 0 Å². The van der Waals surface area contributed by atoms with Crippen molar-refractivity contribution < 1.29 is 9.21 Å². The largest absolute Gasteiger partial charge is 0.444 e. The van der Waals surface area contributed by atoms with E-state index in [9.17, 15) is 4.79 Å². The topological polar surface area (TPSA) is 55.1 Å². The molecule has 0 aliphatic heterocycles. The first kappa shape index (κ1) is 17.5. The molecule has 130 valence electrons. The maximum Gasteiger partial charge on any atom is 0.217 e. The van der Waals surface area contributed by atoms with Crippen LogP contribution in [0.15, 0.2) is 65.5 Å². The fraction of sp³-hybridized carbons (Fsp3) is 0.182. The Bertz CT molecular complexity index is 915. The molecule has 1 amide bonds. The lowest BCUT2D eigenvalue weighted by Gasteiger charge is -2.12. The number of aromatic nitrogens is 1. The van der Waals surface area contributed by atoms with Crippen molar-refractivity contribution in [1.82, 2.24) is 10.3 Å². The minimum Gasteiger partial charge on any atom is -0.444 e. The predicted molar refractivity (Wildman–Crippen MR) is 101 cm³/mol. The summed E-state index contributed by atoms with van der Waals surface area (Å²) >= 11 is 0. The van der Waals surface area contributed by atoms with Crippen molar-refractivity contribution in [1.29, 1.82) is 0 Å². The van der Waals surface area contributed by atoms with Crippen LogP contribution in [0.2, 0.25) is 0 Å². The van der Waals surface area contributed by atoms with Crippen LogP contribution in [0, 0.1) is 11.8 Å². The van der Waals surface area contributed by atoms with Gasteiger partial charge < -0.3 is 9.73 Å². The molecule has 0 saturated heterocycles. The first-order valence-corrected chi connectivity index (χ1v) is 8.47. The smallest absolute Gasteiger partial charge is 0.217 e. The number of carbonyl (C=O) groups excluding carboxylic acids is 1. The van der Waals surface area contributed by atoms with Crippen LogP contribution in [0.4, 0.5) is 0 Å². The fourth-order valence-corrected chi connectivity index (χ4v) is 2.70. The fourth-order valence-electron chi connectivity index (χ4n) is 2.70. The van der Waals surface area contributed by atoms with Crippen molar-refractivity contribution in [3.8, 4) is 23.2 Å². The standard InChI is InChI=1S/C22H20N2O2/c1-16(24-17(2)25)13-20-7-5-18(6-8-20)3-4-19-9-11-21(12-10-19)22-14-23-15-26-22/h5-12,14-16H,13H2,1-2H3,(H,24,25). The molecular weight excluding hydrogens is 324 g/mol.